The third kappa shape index (κ3) is 5.33. The summed E-state index contributed by atoms with van der Waals surface area (Å²) in [4.78, 5) is 12.3. The van der Waals surface area contributed by atoms with Gasteiger partial charge in [-0.1, -0.05) is 35.9 Å². The Hall–Kier alpha value is -2.81. The third-order valence-corrected chi connectivity index (χ3v) is 4.46. The highest BCUT2D eigenvalue weighted by Gasteiger charge is 2.14. The summed E-state index contributed by atoms with van der Waals surface area (Å²) < 4.78 is 11.5. The first kappa shape index (κ1) is 20.5. The Morgan fingerprint density at radius 2 is 1.63 bits per heavy atom. The van der Waals surface area contributed by atoms with Crippen LogP contribution in [0.3, 0.4) is 0 Å². The summed E-state index contributed by atoms with van der Waals surface area (Å²) in [7, 11) is 0. The van der Waals surface area contributed by atoms with Gasteiger partial charge in [0.05, 0.1) is 11.8 Å². The lowest BCUT2D eigenvalue weighted by molar-refractivity contribution is 0.0629. The Labute approximate surface area is 162 Å². The number of allylic oxidation sites excluding steroid dienone is 2. The molecule has 0 N–H and O–H groups in total. The fourth-order valence-electron chi connectivity index (χ4n) is 3.26. The van der Waals surface area contributed by atoms with Crippen molar-refractivity contribution < 1.29 is 14.3 Å². The number of benzene rings is 2. The quantitative estimate of drug-likeness (QED) is 0.340. The van der Waals surface area contributed by atoms with Gasteiger partial charge >= 0.3 is 5.97 Å². The van der Waals surface area contributed by atoms with E-state index in [-0.39, 0.29) is 12.1 Å². The Balaban J connectivity index is 2.10. The first-order chi connectivity index (χ1) is 12.8. The van der Waals surface area contributed by atoms with Gasteiger partial charge in [-0.15, -0.1) is 0 Å². The smallest absolute Gasteiger partial charge is 0.343 e. The van der Waals surface area contributed by atoms with Gasteiger partial charge in [-0.25, -0.2) is 4.79 Å². The van der Waals surface area contributed by atoms with Crippen molar-refractivity contribution in [1.82, 2.24) is 0 Å². The van der Waals surface area contributed by atoms with Gasteiger partial charge in [0.25, 0.3) is 0 Å². The lowest BCUT2D eigenvalue weighted by Gasteiger charge is -2.19. The van der Waals surface area contributed by atoms with Crippen molar-refractivity contribution in [1.29, 1.82) is 0 Å². The molecule has 2 aromatic rings. The summed E-state index contributed by atoms with van der Waals surface area (Å²) >= 11 is 0. The molecule has 0 bridgehead atoms. The first-order valence-electron chi connectivity index (χ1n) is 9.17. The van der Waals surface area contributed by atoms with Crippen LogP contribution in [-0.4, -0.2) is 5.97 Å². The zero-order valence-corrected chi connectivity index (χ0v) is 17.0. The summed E-state index contributed by atoms with van der Waals surface area (Å²) in [5.41, 5.74) is 6.14. The molecule has 2 rings (SSSR count). The number of hydrogen-bond donors (Lipinski definition) is 0. The van der Waals surface area contributed by atoms with Crippen LogP contribution >= 0.6 is 0 Å². The number of hydrogen-bond acceptors (Lipinski definition) is 3. The molecule has 0 aromatic heterocycles. The van der Waals surface area contributed by atoms with Gasteiger partial charge in [-0.2, -0.15) is 0 Å². The molecule has 0 fully saturated rings. The number of carbonyl (C=O) groups is 1. The second kappa shape index (κ2) is 9.22. The highest BCUT2D eigenvalue weighted by Crippen LogP contribution is 2.27. The molecular weight excluding hydrogens is 336 g/mol. The van der Waals surface area contributed by atoms with Crippen LogP contribution in [0.2, 0.25) is 0 Å². The van der Waals surface area contributed by atoms with E-state index in [1.165, 1.54) is 22.3 Å². The third-order valence-electron chi connectivity index (χ3n) is 4.46. The highest BCUT2D eigenvalue weighted by atomic mass is 16.5. The molecule has 0 aliphatic heterocycles. The lowest BCUT2D eigenvalue weighted by atomic mass is 9.96. The Morgan fingerprint density at radius 1 is 1.04 bits per heavy atom. The van der Waals surface area contributed by atoms with Gasteiger partial charge in [-0.3, -0.25) is 0 Å². The van der Waals surface area contributed by atoms with Crippen molar-refractivity contribution in [2.24, 2.45) is 0 Å². The van der Waals surface area contributed by atoms with Gasteiger partial charge in [0.15, 0.2) is 0 Å². The van der Waals surface area contributed by atoms with Crippen molar-refractivity contribution in [3.63, 3.8) is 0 Å². The summed E-state index contributed by atoms with van der Waals surface area (Å²) in [5, 5.41) is 0. The molecule has 1 atom stereocenters. The minimum Gasteiger partial charge on any atom is -0.493 e. The van der Waals surface area contributed by atoms with Crippen LogP contribution in [0.1, 0.15) is 59.5 Å². The molecule has 3 nitrogen and oxygen atoms in total. The predicted octanol–water partition coefficient (Wildman–Crippen LogP) is 6.35. The molecule has 27 heavy (non-hydrogen) atoms. The van der Waals surface area contributed by atoms with Crippen LogP contribution in [0.15, 0.2) is 66.1 Å². The minimum atomic E-state index is -0.380. The SMILES string of the molecule is C/C=C(OC(=O)c1ccccc1)/C(C)=C/OC(C)c1c(C)cc(C)cc1C. The summed E-state index contributed by atoms with van der Waals surface area (Å²) in [6, 6.07) is 13.3. The van der Waals surface area contributed by atoms with E-state index in [2.05, 4.69) is 32.9 Å². The predicted molar refractivity (Wildman–Crippen MR) is 110 cm³/mol. The zero-order valence-electron chi connectivity index (χ0n) is 17.0. The van der Waals surface area contributed by atoms with E-state index in [0.29, 0.717) is 11.3 Å². The van der Waals surface area contributed by atoms with Gasteiger partial charge in [0, 0.05) is 5.57 Å². The monoisotopic (exact) mass is 364 g/mol. The number of aryl methyl sites for hydroxylation is 3. The standard InChI is InChI=1S/C24H28O3/c1-7-22(27-24(25)21-11-9-8-10-12-21)19(5)15-26-20(6)23-17(3)13-16(2)14-18(23)4/h7-15,20H,1-6H3/b19-15+,22-7-. The summed E-state index contributed by atoms with van der Waals surface area (Å²) in [6.07, 6.45) is 3.34. The average Bonchev–Trinajstić information content (AvgIpc) is 2.63. The van der Waals surface area contributed by atoms with E-state index >= 15 is 0 Å². The van der Waals surface area contributed by atoms with Crippen molar-refractivity contribution in [2.75, 3.05) is 0 Å². The van der Waals surface area contributed by atoms with E-state index in [1.54, 1.807) is 24.5 Å². The fraction of sp³-hybridized carbons (Fsp3) is 0.292. The van der Waals surface area contributed by atoms with Gasteiger partial charge < -0.3 is 9.47 Å². The Bertz CT molecular complexity index is 837. The highest BCUT2D eigenvalue weighted by molar-refractivity contribution is 5.90. The topological polar surface area (TPSA) is 35.5 Å². The molecule has 0 saturated carbocycles. The maximum Gasteiger partial charge on any atom is 0.343 e. The number of esters is 1. The van der Waals surface area contributed by atoms with Crippen LogP contribution in [-0.2, 0) is 9.47 Å². The van der Waals surface area contributed by atoms with E-state index in [9.17, 15) is 4.79 Å². The fourth-order valence-corrected chi connectivity index (χ4v) is 3.26. The van der Waals surface area contributed by atoms with Crippen LogP contribution in [0.25, 0.3) is 0 Å². The molecule has 0 aliphatic carbocycles. The van der Waals surface area contributed by atoms with Crippen molar-refractivity contribution in [2.45, 2.75) is 47.6 Å². The largest absolute Gasteiger partial charge is 0.493 e. The Kier molecular flexibility index (Phi) is 7.00. The van der Waals surface area contributed by atoms with Crippen LogP contribution in [0.5, 0.6) is 0 Å². The molecular formula is C24H28O3. The molecule has 2 aromatic carbocycles. The van der Waals surface area contributed by atoms with E-state index in [0.717, 1.165) is 5.57 Å². The normalized spacial score (nSPS) is 13.3. The van der Waals surface area contributed by atoms with E-state index in [4.69, 9.17) is 9.47 Å². The maximum absolute atomic E-state index is 12.3. The van der Waals surface area contributed by atoms with Gasteiger partial charge in [0.2, 0.25) is 0 Å². The second-order valence-corrected chi connectivity index (χ2v) is 6.80. The lowest BCUT2D eigenvalue weighted by Crippen LogP contribution is -2.07. The molecule has 0 radical (unpaired) electrons. The average molecular weight is 364 g/mol. The van der Waals surface area contributed by atoms with E-state index in [1.807, 2.05) is 39.0 Å². The maximum atomic E-state index is 12.3. The van der Waals surface area contributed by atoms with Crippen LogP contribution in [0.4, 0.5) is 0 Å². The number of carbonyl (C=O) groups excluding carboxylic acids is 1. The molecule has 0 amide bonds. The molecule has 0 saturated heterocycles. The van der Waals surface area contributed by atoms with Crippen LogP contribution < -0.4 is 0 Å². The van der Waals surface area contributed by atoms with Crippen molar-refractivity contribution in [3.8, 4) is 0 Å². The minimum absolute atomic E-state index is 0.0940. The molecule has 3 heteroatoms. The Morgan fingerprint density at radius 3 is 2.19 bits per heavy atom. The van der Waals surface area contributed by atoms with Gasteiger partial charge in [0.1, 0.15) is 11.9 Å². The molecule has 0 spiro atoms. The molecule has 142 valence electrons. The summed E-state index contributed by atoms with van der Waals surface area (Å²) in [6.45, 7) is 12.0. The van der Waals surface area contributed by atoms with Crippen LogP contribution in [0, 0.1) is 20.8 Å². The molecule has 1 unspecified atom stereocenters. The molecule has 0 heterocycles. The van der Waals surface area contributed by atoms with Crippen molar-refractivity contribution >= 4 is 5.97 Å². The first-order valence-corrected chi connectivity index (χ1v) is 9.17. The number of ether oxygens (including phenoxy) is 2. The summed E-state index contributed by atoms with van der Waals surface area (Å²) in [5.74, 6) is 0.114. The van der Waals surface area contributed by atoms with Gasteiger partial charge in [-0.05, 0) is 76.4 Å². The molecule has 0 aliphatic rings. The number of rotatable bonds is 6. The second-order valence-electron chi connectivity index (χ2n) is 6.80. The zero-order chi connectivity index (χ0) is 20.0. The van der Waals surface area contributed by atoms with E-state index < -0.39 is 0 Å². The van der Waals surface area contributed by atoms with Crippen molar-refractivity contribution in [3.05, 3.63) is 94.0 Å².